The molecule has 0 amide bonds. The van der Waals surface area contributed by atoms with Crippen LogP contribution in [0.4, 0.5) is 0 Å². The molecule has 4 aromatic heterocycles. The van der Waals surface area contributed by atoms with Crippen molar-refractivity contribution in [2.75, 3.05) is 13.1 Å². The number of aryl methyl sites for hydroxylation is 2. The number of benzene rings is 1. The van der Waals surface area contributed by atoms with E-state index >= 15 is 0 Å². The van der Waals surface area contributed by atoms with Crippen molar-refractivity contribution in [1.82, 2.24) is 39.6 Å². The molecule has 10 nitrogen and oxygen atoms in total. The van der Waals surface area contributed by atoms with Crippen LogP contribution < -0.4 is 0 Å². The lowest BCUT2D eigenvalue weighted by Gasteiger charge is -2.53. The van der Waals surface area contributed by atoms with E-state index in [1.165, 1.54) is 12.0 Å². The number of pyridine rings is 1. The highest BCUT2D eigenvalue weighted by Gasteiger charge is 2.50. The normalized spacial score (nSPS) is 19.7. The van der Waals surface area contributed by atoms with Crippen molar-refractivity contribution in [3.8, 4) is 28.6 Å². The molecular formula is C30H31N9O. The number of hydrogen-bond donors (Lipinski definition) is 1. The highest BCUT2D eigenvalue weighted by Crippen LogP contribution is 2.52. The number of nitriles is 1. The molecule has 2 fully saturated rings. The lowest BCUT2D eigenvalue weighted by atomic mass is 9.71. The average Bonchev–Trinajstić information content (AvgIpc) is 3.71. The van der Waals surface area contributed by atoms with E-state index in [9.17, 15) is 5.26 Å². The van der Waals surface area contributed by atoms with Gasteiger partial charge in [-0.15, -0.1) is 0 Å². The molecule has 1 saturated heterocycles. The first kappa shape index (κ1) is 23.8. The third kappa shape index (κ3) is 3.28. The van der Waals surface area contributed by atoms with Gasteiger partial charge in [0, 0.05) is 66.4 Å². The van der Waals surface area contributed by atoms with Crippen LogP contribution in [0.25, 0.3) is 44.5 Å². The topological polar surface area (TPSA) is 113 Å². The van der Waals surface area contributed by atoms with Gasteiger partial charge < -0.3 is 9.72 Å². The van der Waals surface area contributed by atoms with Gasteiger partial charge in [-0.1, -0.05) is 6.07 Å². The van der Waals surface area contributed by atoms with Crippen LogP contribution in [-0.2, 0) is 31.0 Å². The second-order valence-electron chi connectivity index (χ2n) is 11.7. The summed E-state index contributed by atoms with van der Waals surface area (Å²) < 4.78 is 8.62. The van der Waals surface area contributed by atoms with Gasteiger partial charge in [-0.05, 0) is 49.8 Å². The Morgan fingerprint density at radius 3 is 2.65 bits per heavy atom. The number of likely N-dealkylation sites (tertiary alicyclic amines) is 1. The summed E-state index contributed by atoms with van der Waals surface area (Å²) in [4.78, 5) is 12.7. The number of nitrogens with zero attached hydrogens (tertiary/aromatic N) is 8. The quantitative estimate of drug-likeness (QED) is 0.360. The summed E-state index contributed by atoms with van der Waals surface area (Å²) in [6.07, 6.45) is 11.6. The largest absolute Gasteiger partial charge is 0.365 e. The second-order valence-corrected chi connectivity index (χ2v) is 11.7. The first-order valence-corrected chi connectivity index (χ1v) is 14.1. The van der Waals surface area contributed by atoms with Gasteiger partial charge in [0.15, 0.2) is 0 Å². The van der Waals surface area contributed by atoms with E-state index in [0.717, 1.165) is 88.8 Å². The summed E-state index contributed by atoms with van der Waals surface area (Å²) in [5, 5.41) is 25.2. The first-order chi connectivity index (χ1) is 19.5. The molecule has 2 aliphatic heterocycles. The van der Waals surface area contributed by atoms with E-state index < -0.39 is 0 Å². The standard InChI is InChI=1S/C30H31N9O/c1-37-23-5-4-19(14-20(23)16-33-37)24-25-26-21(15-32-28(25)35-27(24)22-17-34-38(2)36-22)18-40-30(26)9-12-39(13-10-30)29(8-11-31)6-3-7-29/h4-5,14-17H,3,6-10,12-13,18H2,1-2H3,(H,32,35). The molecular weight excluding hydrogens is 502 g/mol. The van der Waals surface area contributed by atoms with Gasteiger partial charge in [-0.3, -0.25) is 9.58 Å². The van der Waals surface area contributed by atoms with Crippen LogP contribution in [0.15, 0.2) is 36.8 Å². The van der Waals surface area contributed by atoms with Gasteiger partial charge >= 0.3 is 0 Å². The zero-order valence-electron chi connectivity index (χ0n) is 22.8. The molecule has 5 aromatic rings. The summed E-state index contributed by atoms with van der Waals surface area (Å²) in [6.45, 7) is 2.43. The fourth-order valence-electron chi connectivity index (χ4n) is 7.45. The average molecular weight is 534 g/mol. The maximum atomic E-state index is 9.53. The third-order valence-corrected chi connectivity index (χ3v) is 9.69. The molecule has 6 heterocycles. The molecule has 10 heteroatoms. The minimum atomic E-state index is -0.375. The van der Waals surface area contributed by atoms with Gasteiger partial charge in [-0.2, -0.15) is 25.4 Å². The first-order valence-electron chi connectivity index (χ1n) is 14.1. The number of piperidine rings is 1. The minimum Gasteiger partial charge on any atom is -0.365 e. The summed E-state index contributed by atoms with van der Waals surface area (Å²) >= 11 is 0. The molecule has 1 N–H and O–H groups in total. The Hall–Kier alpha value is -4.07. The second kappa shape index (κ2) is 8.46. The van der Waals surface area contributed by atoms with Crippen LogP contribution in [-0.4, -0.2) is 58.3 Å². The van der Waals surface area contributed by atoms with Crippen LogP contribution in [0.3, 0.4) is 0 Å². The number of aromatic nitrogens is 7. The molecule has 1 aromatic carbocycles. The van der Waals surface area contributed by atoms with Crippen molar-refractivity contribution in [3.63, 3.8) is 0 Å². The maximum Gasteiger partial charge on any atom is 0.138 e. The van der Waals surface area contributed by atoms with Crippen LogP contribution in [0.1, 0.15) is 49.7 Å². The molecule has 0 bridgehead atoms. The Labute approximate surface area is 231 Å². The molecule has 0 atom stereocenters. The Morgan fingerprint density at radius 2 is 1.93 bits per heavy atom. The van der Waals surface area contributed by atoms with Crippen LogP contribution in [0, 0.1) is 11.3 Å². The summed E-state index contributed by atoms with van der Waals surface area (Å²) in [7, 11) is 3.80. The third-order valence-electron chi connectivity index (χ3n) is 9.69. The minimum absolute atomic E-state index is 0.0584. The molecule has 202 valence electrons. The molecule has 1 aliphatic carbocycles. The Balaban J connectivity index is 1.30. The monoisotopic (exact) mass is 533 g/mol. The number of hydrogen-bond acceptors (Lipinski definition) is 7. The van der Waals surface area contributed by atoms with Gasteiger partial charge in [-0.25, -0.2) is 4.98 Å². The predicted octanol–water partition coefficient (Wildman–Crippen LogP) is 4.57. The smallest absolute Gasteiger partial charge is 0.138 e. The maximum absolute atomic E-state index is 9.53. The number of rotatable bonds is 4. The number of nitrogens with one attached hydrogen (secondary N) is 1. The van der Waals surface area contributed by atoms with Gasteiger partial charge in [0.1, 0.15) is 11.3 Å². The molecule has 0 radical (unpaired) electrons. The Kier molecular flexibility index (Phi) is 5.03. The van der Waals surface area contributed by atoms with Crippen LogP contribution >= 0.6 is 0 Å². The Bertz CT molecular complexity index is 1830. The van der Waals surface area contributed by atoms with Gasteiger partial charge in [0.2, 0.25) is 0 Å². The molecule has 1 saturated carbocycles. The van der Waals surface area contributed by atoms with Crippen molar-refractivity contribution in [3.05, 3.63) is 47.9 Å². The van der Waals surface area contributed by atoms with Crippen LogP contribution in [0.2, 0.25) is 0 Å². The molecule has 40 heavy (non-hydrogen) atoms. The summed E-state index contributed by atoms with van der Waals surface area (Å²) in [5.74, 6) is 0. The predicted molar refractivity (Wildman–Crippen MR) is 150 cm³/mol. The van der Waals surface area contributed by atoms with E-state index in [0.29, 0.717) is 13.0 Å². The van der Waals surface area contributed by atoms with Crippen molar-refractivity contribution in [2.45, 2.75) is 56.3 Å². The summed E-state index contributed by atoms with van der Waals surface area (Å²) in [6, 6.07) is 8.97. The number of fused-ring (bicyclic) bond motifs is 5. The van der Waals surface area contributed by atoms with Crippen LogP contribution in [0.5, 0.6) is 0 Å². The lowest BCUT2D eigenvalue weighted by molar-refractivity contribution is -0.106. The fraction of sp³-hybridized carbons (Fsp3) is 0.433. The number of ether oxygens (including phenoxy) is 1. The number of aromatic amines is 1. The molecule has 0 unspecified atom stereocenters. The van der Waals surface area contributed by atoms with Crippen molar-refractivity contribution < 1.29 is 4.74 Å². The lowest BCUT2D eigenvalue weighted by Crippen LogP contribution is -2.58. The highest BCUT2D eigenvalue weighted by molar-refractivity contribution is 6.06. The Morgan fingerprint density at radius 1 is 1.07 bits per heavy atom. The zero-order valence-corrected chi connectivity index (χ0v) is 22.8. The molecule has 3 aliphatic rings. The number of H-pyrrole nitrogens is 1. The van der Waals surface area contributed by atoms with E-state index in [4.69, 9.17) is 9.72 Å². The summed E-state index contributed by atoms with van der Waals surface area (Å²) in [5.41, 5.74) is 7.88. The highest BCUT2D eigenvalue weighted by atomic mass is 16.5. The fourth-order valence-corrected chi connectivity index (χ4v) is 7.45. The zero-order chi connectivity index (χ0) is 27.1. The van der Waals surface area contributed by atoms with E-state index in [1.54, 1.807) is 11.0 Å². The van der Waals surface area contributed by atoms with E-state index in [-0.39, 0.29) is 11.1 Å². The molecule has 1 spiro atoms. The van der Waals surface area contributed by atoms with Crippen molar-refractivity contribution >= 4 is 21.9 Å². The van der Waals surface area contributed by atoms with Crippen molar-refractivity contribution in [1.29, 1.82) is 5.26 Å². The van der Waals surface area contributed by atoms with E-state index in [1.807, 2.05) is 31.2 Å². The SMILES string of the molecule is Cn1ncc(-c2[nH]c3ncc4c(c3c2-c2ccc3c(cnn3C)c2)C2(CCN(C3(CC#N)CCC3)CC2)OC4)n1. The van der Waals surface area contributed by atoms with Gasteiger partial charge in [0.05, 0.1) is 48.3 Å². The molecule has 8 rings (SSSR count). The van der Waals surface area contributed by atoms with E-state index in [2.05, 4.69) is 49.4 Å². The van der Waals surface area contributed by atoms with Gasteiger partial charge in [0.25, 0.3) is 0 Å². The van der Waals surface area contributed by atoms with Crippen molar-refractivity contribution in [2.24, 2.45) is 14.1 Å².